The fourth-order valence-corrected chi connectivity index (χ4v) is 6.56. The van der Waals surface area contributed by atoms with Crippen LogP contribution in [0.2, 0.25) is 0 Å². The first-order chi connectivity index (χ1) is 24.8. The molecule has 0 aliphatic heterocycles. The highest BCUT2D eigenvalue weighted by molar-refractivity contribution is 7.47. The molecule has 0 bridgehead atoms. The smallest absolute Gasteiger partial charge is 0.462 e. The van der Waals surface area contributed by atoms with Crippen molar-refractivity contribution >= 4 is 19.8 Å². The Hall–Kier alpha value is -1.47. The minimum atomic E-state index is -4.29. The lowest BCUT2D eigenvalue weighted by atomic mass is 10.1. The number of rotatable bonds is 39. The predicted molar refractivity (Wildman–Crippen MR) is 212 cm³/mol. The Balaban J connectivity index is 4.20. The van der Waals surface area contributed by atoms with Gasteiger partial charge in [-0.25, -0.2) is 4.57 Å². The van der Waals surface area contributed by atoms with Crippen LogP contribution >= 0.6 is 7.82 Å². The third-order valence-corrected chi connectivity index (χ3v) is 9.88. The molecule has 0 aromatic carbocycles. The molecule has 0 saturated carbocycles. The first kappa shape index (κ1) is 49.5. The van der Waals surface area contributed by atoms with Gasteiger partial charge in [-0.15, -0.1) is 0 Å². The van der Waals surface area contributed by atoms with E-state index in [1.807, 2.05) is 6.92 Å². The minimum Gasteiger partial charge on any atom is -0.462 e. The van der Waals surface area contributed by atoms with Gasteiger partial charge in [0.15, 0.2) is 6.10 Å². The number of carbonyl (C=O) groups excluding carboxylic acids is 2. The quantitative estimate of drug-likeness (QED) is 0.0287. The highest BCUT2D eigenvalue weighted by Crippen LogP contribution is 2.43. The van der Waals surface area contributed by atoms with E-state index >= 15 is 0 Å². The van der Waals surface area contributed by atoms with Crippen LogP contribution in [0.4, 0.5) is 0 Å². The second kappa shape index (κ2) is 38.3. The molecule has 0 rings (SSSR count). The Labute approximate surface area is 313 Å². The van der Waals surface area contributed by atoms with E-state index in [-0.39, 0.29) is 32.0 Å². The zero-order chi connectivity index (χ0) is 37.5. The van der Waals surface area contributed by atoms with Crippen molar-refractivity contribution in [3.63, 3.8) is 0 Å². The van der Waals surface area contributed by atoms with Crippen LogP contribution in [0.15, 0.2) is 24.3 Å². The Morgan fingerprint density at radius 1 is 0.510 bits per heavy atom. The van der Waals surface area contributed by atoms with Crippen LogP contribution < -0.4 is 0 Å². The molecule has 0 spiro atoms. The third kappa shape index (κ3) is 38.1. The molecule has 0 amide bonds. The molecule has 0 heterocycles. The summed E-state index contributed by atoms with van der Waals surface area (Å²) in [6, 6.07) is 0. The first-order valence-corrected chi connectivity index (χ1v) is 22.6. The van der Waals surface area contributed by atoms with Gasteiger partial charge in [-0.2, -0.15) is 0 Å². The van der Waals surface area contributed by atoms with Gasteiger partial charge < -0.3 is 14.4 Å². The highest BCUT2D eigenvalue weighted by Gasteiger charge is 2.25. The van der Waals surface area contributed by atoms with Gasteiger partial charge in [0.2, 0.25) is 0 Å². The summed E-state index contributed by atoms with van der Waals surface area (Å²) in [5.74, 6) is -0.808. The largest absolute Gasteiger partial charge is 0.472 e. The number of hydrogen-bond acceptors (Lipinski definition) is 7. The summed E-state index contributed by atoms with van der Waals surface area (Å²) in [5, 5.41) is 0. The maximum atomic E-state index is 12.6. The maximum Gasteiger partial charge on any atom is 0.472 e. The number of phosphoric acid groups is 1. The lowest BCUT2D eigenvalue weighted by molar-refractivity contribution is -0.161. The molecule has 0 aromatic heterocycles. The van der Waals surface area contributed by atoms with E-state index in [2.05, 4.69) is 38.2 Å². The molecular weight excluding hydrogens is 663 g/mol. The van der Waals surface area contributed by atoms with Crippen LogP contribution in [-0.4, -0.2) is 42.8 Å². The van der Waals surface area contributed by atoms with Crippen molar-refractivity contribution in [1.82, 2.24) is 0 Å². The van der Waals surface area contributed by atoms with E-state index in [1.165, 1.54) is 89.9 Å². The number of hydrogen-bond donors (Lipinski definition) is 1. The average molecular weight is 743 g/mol. The lowest BCUT2D eigenvalue weighted by Gasteiger charge is -2.20. The zero-order valence-electron chi connectivity index (χ0n) is 33.3. The van der Waals surface area contributed by atoms with Crippen molar-refractivity contribution in [1.29, 1.82) is 0 Å². The van der Waals surface area contributed by atoms with Crippen LogP contribution in [-0.2, 0) is 32.7 Å². The standard InChI is InChI=1S/C42H79O8P/c1-4-7-9-11-13-15-17-19-21-23-25-27-29-31-33-35-41(43)47-38-40(39-49-51(45,46)48-37-6-3)50-42(44)36-34-32-30-28-26-24-22-20-18-16-14-12-10-8-5-2/h19-22,40H,4-18,23-39H2,1-3H3,(H,45,46). The molecule has 0 aliphatic carbocycles. The van der Waals surface area contributed by atoms with Crippen molar-refractivity contribution < 1.29 is 37.6 Å². The van der Waals surface area contributed by atoms with E-state index in [0.29, 0.717) is 12.8 Å². The summed E-state index contributed by atoms with van der Waals surface area (Å²) in [6.45, 7) is 5.76. The van der Waals surface area contributed by atoms with Gasteiger partial charge in [-0.05, 0) is 70.6 Å². The van der Waals surface area contributed by atoms with Gasteiger partial charge in [-0.3, -0.25) is 18.6 Å². The Bertz CT molecular complexity index is 890. The maximum absolute atomic E-state index is 12.6. The molecule has 0 aliphatic rings. The van der Waals surface area contributed by atoms with Crippen molar-refractivity contribution in [2.75, 3.05) is 19.8 Å². The number of phosphoric ester groups is 1. The third-order valence-electron chi connectivity index (χ3n) is 8.90. The normalized spacial score (nSPS) is 13.6. The van der Waals surface area contributed by atoms with E-state index in [4.69, 9.17) is 18.5 Å². The van der Waals surface area contributed by atoms with Gasteiger partial charge in [0.05, 0.1) is 13.2 Å². The molecule has 8 nitrogen and oxygen atoms in total. The van der Waals surface area contributed by atoms with Gasteiger partial charge >= 0.3 is 19.8 Å². The summed E-state index contributed by atoms with van der Waals surface area (Å²) < 4.78 is 33.0. The fourth-order valence-electron chi connectivity index (χ4n) is 5.72. The molecule has 9 heteroatoms. The molecule has 0 aromatic rings. The molecule has 0 saturated heterocycles. The van der Waals surface area contributed by atoms with Crippen LogP contribution in [0.5, 0.6) is 0 Å². The van der Waals surface area contributed by atoms with Gasteiger partial charge in [0.1, 0.15) is 6.61 Å². The van der Waals surface area contributed by atoms with Gasteiger partial charge in [0, 0.05) is 12.8 Å². The zero-order valence-corrected chi connectivity index (χ0v) is 34.2. The number of carbonyl (C=O) groups is 2. The number of unbranched alkanes of at least 4 members (excludes halogenated alkanes) is 22. The van der Waals surface area contributed by atoms with Gasteiger partial charge in [-0.1, -0.05) is 148 Å². The molecular formula is C42H79O8P. The Morgan fingerprint density at radius 2 is 0.902 bits per heavy atom. The molecule has 2 atom stereocenters. The molecule has 51 heavy (non-hydrogen) atoms. The molecule has 1 N–H and O–H groups in total. The van der Waals surface area contributed by atoms with E-state index in [1.54, 1.807) is 0 Å². The van der Waals surface area contributed by atoms with Crippen LogP contribution in [0, 0.1) is 0 Å². The Morgan fingerprint density at radius 3 is 1.33 bits per heavy atom. The van der Waals surface area contributed by atoms with E-state index < -0.39 is 26.5 Å². The first-order valence-electron chi connectivity index (χ1n) is 21.1. The fraction of sp³-hybridized carbons (Fsp3) is 0.857. The number of esters is 2. The van der Waals surface area contributed by atoms with Crippen LogP contribution in [0.3, 0.4) is 0 Å². The summed E-state index contributed by atoms with van der Waals surface area (Å²) in [7, 11) is -4.29. The second-order valence-corrected chi connectivity index (χ2v) is 15.5. The van der Waals surface area contributed by atoms with Crippen molar-refractivity contribution in [3.8, 4) is 0 Å². The van der Waals surface area contributed by atoms with E-state index in [9.17, 15) is 19.0 Å². The average Bonchev–Trinajstić information content (AvgIpc) is 3.11. The predicted octanol–water partition coefficient (Wildman–Crippen LogP) is 13.1. The van der Waals surface area contributed by atoms with Crippen molar-refractivity contribution in [3.05, 3.63) is 24.3 Å². The highest BCUT2D eigenvalue weighted by atomic mass is 31.2. The topological polar surface area (TPSA) is 108 Å². The summed E-state index contributed by atoms with van der Waals surface area (Å²) in [4.78, 5) is 34.9. The molecule has 0 radical (unpaired) electrons. The molecule has 300 valence electrons. The van der Waals surface area contributed by atoms with Crippen LogP contribution in [0.25, 0.3) is 0 Å². The summed E-state index contributed by atoms with van der Waals surface area (Å²) >= 11 is 0. The summed E-state index contributed by atoms with van der Waals surface area (Å²) in [5.41, 5.74) is 0. The van der Waals surface area contributed by atoms with E-state index in [0.717, 1.165) is 70.6 Å². The second-order valence-electron chi connectivity index (χ2n) is 14.1. The minimum absolute atomic E-state index is 0.0681. The number of ether oxygens (including phenoxy) is 2. The summed E-state index contributed by atoms with van der Waals surface area (Å²) in [6.07, 6.45) is 40.0. The van der Waals surface area contributed by atoms with Gasteiger partial charge in [0.25, 0.3) is 0 Å². The number of allylic oxidation sites excluding steroid dienone is 4. The SMILES string of the molecule is CCCCCCCCC=CCCCCCCCC(=O)OCC(COP(=O)(O)OCCC)OC(=O)CCCCCCCC=CCCCCCCCC. The van der Waals surface area contributed by atoms with Crippen molar-refractivity contribution in [2.24, 2.45) is 0 Å². The Kier molecular flexibility index (Phi) is 37.2. The van der Waals surface area contributed by atoms with Crippen molar-refractivity contribution in [2.45, 2.75) is 213 Å². The molecule has 2 unspecified atom stereocenters. The monoisotopic (exact) mass is 743 g/mol. The molecule has 0 fully saturated rings. The lowest BCUT2D eigenvalue weighted by Crippen LogP contribution is -2.29. The van der Waals surface area contributed by atoms with Crippen LogP contribution in [0.1, 0.15) is 207 Å².